The van der Waals surface area contributed by atoms with E-state index in [1.807, 2.05) is 0 Å². The van der Waals surface area contributed by atoms with Crippen molar-refractivity contribution in [3.8, 4) is 0 Å². The topological polar surface area (TPSA) is 57.2 Å². The van der Waals surface area contributed by atoms with Crippen molar-refractivity contribution < 1.29 is 113 Å². The van der Waals surface area contributed by atoms with Crippen LogP contribution < -0.4 is 51.4 Å². The standard InChI is InChI=1S/C6H3F11O3S.K/c7-2(8,1-3(9,10)11)4(12,13)5(14,15)6(16,17)21(18,19)20;/h1H2,(H,18,19,20);/q;+1/p-1. The average Bonchev–Trinajstić information content (AvgIpc) is 2.10. The van der Waals surface area contributed by atoms with Gasteiger partial charge < -0.3 is 4.55 Å². The fourth-order valence-corrected chi connectivity index (χ4v) is 1.37. The molecule has 0 aliphatic rings. The maximum atomic E-state index is 12.7. The van der Waals surface area contributed by atoms with Gasteiger partial charge >= 0.3 is 80.6 Å². The van der Waals surface area contributed by atoms with E-state index in [0.29, 0.717) is 0 Å². The second-order valence-corrected chi connectivity index (χ2v) is 5.04. The molecule has 0 aliphatic heterocycles. The molecule has 0 heterocycles. The first kappa shape index (κ1) is 25.0. The van der Waals surface area contributed by atoms with E-state index in [9.17, 15) is 61.3 Å². The summed E-state index contributed by atoms with van der Waals surface area (Å²) in [5, 5.41) is -7.27. The van der Waals surface area contributed by atoms with E-state index in [4.69, 9.17) is 0 Å². The predicted molar refractivity (Wildman–Crippen MR) is 40.2 cm³/mol. The second-order valence-electron chi connectivity index (χ2n) is 3.62. The monoisotopic (exact) mass is 402 g/mol. The molecule has 0 atom stereocenters. The van der Waals surface area contributed by atoms with Crippen molar-refractivity contribution in [1.29, 1.82) is 0 Å². The molecule has 0 aliphatic carbocycles. The zero-order valence-electron chi connectivity index (χ0n) is 10.00. The third-order valence-electron chi connectivity index (χ3n) is 1.96. The van der Waals surface area contributed by atoms with Crippen LogP contribution in [-0.2, 0) is 10.1 Å². The molecule has 0 amide bonds. The van der Waals surface area contributed by atoms with Crippen molar-refractivity contribution in [2.75, 3.05) is 0 Å². The third-order valence-corrected chi connectivity index (χ3v) is 2.84. The van der Waals surface area contributed by atoms with Crippen molar-refractivity contribution in [2.24, 2.45) is 0 Å². The molecule has 22 heavy (non-hydrogen) atoms. The molecule has 0 saturated carbocycles. The number of rotatable bonds is 5. The smallest absolute Gasteiger partial charge is 0.743 e. The van der Waals surface area contributed by atoms with Gasteiger partial charge in [-0.25, -0.2) is 8.42 Å². The molecule has 0 aromatic rings. The summed E-state index contributed by atoms with van der Waals surface area (Å²) in [7, 11) is -7.58. The summed E-state index contributed by atoms with van der Waals surface area (Å²) in [6, 6.07) is 0. The van der Waals surface area contributed by atoms with Gasteiger partial charge in [-0.15, -0.1) is 0 Å². The van der Waals surface area contributed by atoms with Gasteiger partial charge in [0.25, 0.3) is 0 Å². The summed E-state index contributed by atoms with van der Waals surface area (Å²) in [5.74, 6) is -21.9. The van der Waals surface area contributed by atoms with Crippen LogP contribution in [0.4, 0.5) is 48.3 Å². The molecule has 0 saturated heterocycles. The van der Waals surface area contributed by atoms with Crippen LogP contribution in [0.2, 0.25) is 0 Å². The molecule has 128 valence electrons. The predicted octanol–water partition coefficient (Wildman–Crippen LogP) is -0.0133. The number of hydrogen-bond acceptors (Lipinski definition) is 3. The van der Waals surface area contributed by atoms with Crippen molar-refractivity contribution in [1.82, 2.24) is 0 Å². The molecule has 0 aromatic carbocycles. The molecule has 3 nitrogen and oxygen atoms in total. The normalized spacial score (nSPS) is 15.5. The first-order valence-corrected chi connectivity index (χ1v) is 5.65. The van der Waals surface area contributed by atoms with Crippen LogP contribution in [0.25, 0.3) is 0 Å². The van der Waals surface area contributed by atoms with E-state index in [1.54, 1.807) is 0 Å². The van der Waals surface area contributed by atoms with E-state index >= 15 is 0 Å². The summed E-state index contributed by atoms with van der Waals surface area (Å²) in [6.45, 7) is 0. The van der Waals surface area contributed by atoms with Crippen molar-refractivity contribution in [3.63, 3.8) is 0 Å². The van der Waals surface area contributed by atoms with Crippen LogP contribution >= 0.6 is 0 Å². The van der Waals surface area contributed by atoms with E-state index in [0.717, 1.165) is 0 Å². The van der Waals surface area contributed by atoms with Gasteiger partial charge in [0.1, 0.15) is 6.42 Å². The minimum absolute atomic E-state index is 0. The van der Waals surface area contributed by atoms with E-state index in [1.165, 1.54) is 0 Å². The molecule has 0 fully saturated rings. The first-order valence-electron chi connectivity index (χ1n) is 4.24. The Morgan fingerprint density at radius 2 is 1.05 bits per heavy atom. The molecule has 0 rings (SSSR count). The molecule has 0 spiro atoms. The Morgan fingerprint density at radius 3 is 1.27 bits per heavy atom. The van der Waals surface area contributed by atoms with Gasteiger partial charge in [-0.2, -0.15) is 48.3 Å². The Morgan fingerprint density at radius 1 is 0.727 bits per heavy atom. The van der Waals surface area contributed by atoms with Gasteiger partial charge in [0, 0.05) is 0 Å². The SMILES string of the molecule is O=S(=O)([O-])C(F)(F)C(F)(F)C(F)(F)C(F)(F)CC(F)(F)F.[K+]. The van der Waals surface area contributed by atoms with Gasteiger partial charge in [-0.3, -0.25) is 0 Å². The molecule has 16 heteroatoms. The van der Waals surface area contributed by atoms with Crippen LogP contribution in [-0.4, -0.2) is 42.2 Å². The fourth-order valence-electron chi connectivity index (χ4n) is 0.932. The van der Waals surface area contributed by atoms with Crippen molar-refractivity contribution in [2.45, 2.75) is 35.6 Å². The van der Waals surface area contributed by atoms with E-state index in [-0.39, 0.29) is 51.4 Å². The van der Waals surface area contributed by atoms with Gasteiger partial charge in [-0.05, 0) is 0 Å². The molecule has 0 aromatic heterocycles. The number of hydrogen-bond donors (Lipinski definition) is 0. The molecular formula is C6H2F11KO3S. The van der Waals surface area contributed by atoms with Crippen LogP contribution in [0.1, 0.15) is 6.42 Å². The molecular weight excluding hydrogens is 400 g/mol. The van der Waals surface area contributed by atoms with Gasteiger partial charge in [0.2, 0.25) is 0 Å². The zero-order chi connectivity index (χ0) is 17.7. The molecule has 0 N–H and O–H groups in total. The Labute approximate surface area is 157 Å². The number of alkyl halides is 11. The molecule has 0 unspecified atom stereocenters. The largest absolute Gasteiger partial charge is 1.00 e. The second kappa shape index (κ2) is 6.59. The van der Waals surface area contributed by atoms with Crippen LogP contribution in [0.5, 0.6) is 0 Å². The Hall–Kier alpha value is 0.776. The summed E-state index contributed by atoms with van der Waals surface area (Å²) < 4.78 is 164. The maximum Gasteiger partial charge on any atom is 1.00 e. The fraction of sp³-hybridized carbons (Fsp3) is 1.00. The third kappa shape index (κ3) is 4.44. The zero-order valence-corrected chi connectivity index (χ0v) is 13.9. The van der Waals surface area contributed by atoms with Crippen LogP contribution in [0.15, 0.2) is 0 Å². The minimum atomic E-state index is -7.59. The Bertz CT molecular complexity index is 496. The molecule has 0 bridgehead atoms. The summed E-state index contributed by atoms with van der Waals surface area (Å²) in [6.07, 6.45) is -10.1. The summed E-state index contributed by atoms with van der Waals surface area (Å²) in [4.78, 5) is 0. The maximum absolute atomic E-state index is 12.7. The molecule has 0 radical (unpaired) electrons. The number of halogens is 11. The minimum Gasteiger partial charge on any atom is -0.743 e. The van der Waals surface area contributed by atoms with Crippen molar-refractivity contribution >= 4 is 10.1 Å². The van der Waals surface area contributed by atoms with Gasteiger partial charge in [-0.1, -0.05) is 0 Å². The Balaban J connectivity index is 0. The van der Waals surface area contributed by atoms with E-state index < -0.39 is 45.7 Å². The van der Waals surface area contributed by atoms with Gasteiger partial charge in [0.15, 0.2) is 10.1 Å². The summed E-state index contributed by atoms with van der Waals surface area (Å²) >= 11 is 0. The van der Waals surface area contributed by atoms with Crippen molar-refractivity contribution in [3.05, 3.63) is 0 Å². The van der Waals surface area contributed by atoms with Crippen LogP contribution in [0, 0.1) is 0 Å². The first-order chi connectivity index (χ1) is 8.71. The van der Waals surface area contributed by atoms with E-state index in [2.05, 4.69) is 0 Å². The summed E-state index contributed by atoms with van der Waals surface area (Å²) in [5.41, 5.74) is 0. The average molecular weight is 402 g/mol. The quantitative estimate of drug-likeness (QED) is 0.369. The van der Waals surface area contributed by atoms with Gasteiger partial charge in [0.05, 0.1) is 0 Å². The van der Waals surface area contributed by atoms with Crippen LogP contribution in [0.3, 0.4) is 0 Å². The Kier molecular flexibility index (Phi) is 7.49.